The maximum absolute atomic E-state index is 13.2. The van der Waals surface area contributed by atoms with Gasteiger partial charge in [-0.15, -0.1) is 0 Å². The number of hydrogen-bond donors (Lipinski definition) is 1. The highest BCUT2D eigenvalue weighted by atomic mass is 32.2. The Hall–Kier alpha value is -2.77. The van der Waals surface area contributed by atoms with E-state index in [0.29, 0.717) is 29.0 Å². The normalized spacial score (nSPS) is 12.7. The third-order valence-corrected chi connectivity index (χ3v) is 5.83. The summed E-state index contributed by atoms with van der Waals surface area (Å²) < 4.78 is 28.8. The van der Waals surface area contributed by atoms with Gasteiger partial charge in [-0.1, -0.05) is 55.4 Å². The number of primary sulfonamides is 1. The second-order valence-electron chi connectivity index (χ2n) is 6.67. The lowest BCUT2D eigenvalue weighted by atomic mass is 9.88. The molecule has 28 heavy (non-hydrogen) atoms. The van der Waals surface area contributed by atoms with Crippen LogP contribution >= 0.6 is 0 Å². The molecule has 0 amide bonds. The minimum absolute atomic E-state index is 0.0466. The van der Waals surface area contributed by atoms with Crippen LogP contribution in [0.5, 0.6) is 0 Å². The van der Waals surface area contributed by atoms with Gasteiger partial charge in [0, 0.05) is 16.7 Å². The van der Waals surface area contributed by atoms with E-state index in [2.05, 4.69) is 5.16 Å². The Kier molecular flexibility index (Phi) is 5.49. The highest BCUT2D eigenvalue weighted by Gasteiger charge is 2.27. The van der Waals surface area contributed by atoms with Crippen molar-refractivity contribution < 1.29 is 17.7 Å². The Morgan fingerprint density at radius 2 is 1.86 bits per heavy atom. The van der Waals surface area contributed by atoms with Crippen molar-refractivity contribution in [2.45, 2.75) is 38.0 Å². The number of sulfonamides is 1. The van der Waals surface area contributed by atoms with Crippen LogP contribution in [0.25, 0.3) is 11.3 Å². The first kappa shape index (κ1) is 20.0. The number of aryl methyl sites for hydroxylation is 2. The number of nitrogens with zero attached hydrogens (tertiary/aromatic N) is 1. The number of hydrogen-bond acceptors (Lipinski definition) is 5. The van der Waals surface area contributed by atoms with E-state index in [4.69, 9.17) is 9.66 Å². The molecule has 0 spiro atoms. The summed E-state index contributed by atoms with van der Waals surface area (Å²) in [6.45, 7) is 5.40. The summed E-state index contributed by atoms with van der Waals surface area (Å²) in [5, 5.41) is 9.41. The standard InChI is InChI=1S/C21H22N2O4S/c1-4-15-12-17(10-11-18(15)28(22,25)26)21(24)13(2)19-14(3)27-23-20(19)16-8-6-5-7-9-16/h5-13H,4H2,1-3H3,(H2,22,25,26). The van der Waals surface area contributed by atoms with Gasteiger partial charge >= 0.3 is 0 Å². The number of Topliss-reactive ketones (excluding diaryl/α,β-unsaturated/α-hetero) is 1. The molecule has 3 rings (SSSR count). The molecule has 0 aliphatic heterocycles. The molecular formula is C21H22N2O4S. The number of ketones is 1. The minimum atomic E-state index is -3.84. The summed E-state index contributed by atoms with van der Waals surface area (Å²) >= 11 is 0. The first-order chi connectivity index (χ1) is 13.2. The summed E-state index contributed by atoms with van der Waals surface area (Å²) in [5.74, 6) is -0.0674. The molecule has 2 aromatic carbocycles. The van der Waals surface area contributed by atoms with Crippen molar-refractivity contribution in [3.8, 4) is 11.3 Å². The van der Waals surface area contributed by atoms with E-state index < -0.39 is 15.9 Å². The smallest absolute Gasteiger partial charge is 0.238 e. The van der Waals surface area contributed by atoms with E-state index in [9.17, 15) is 13.2 Å². The average Bonchev–Trinajstić information content (AvgIpc) is 3.07. The fraction of sp³-hybridized carbons (Fsp3) is 0.238. The van der Waals surface area contributed by atoms with Gasteiger partial charge in [-0.05, 0) is 31.0 Å². The highest BCUT2D eigenvalue weighted by Crippen LogP contribution is 2.33. The van der Waals surface area contributed by atoms with Crippen molar-refractivity contribution in [1.82, 2.24) is 5.16 Å². The number of benzene rings is 2. The van der Waals surface area contributed by atoms with Crippen LogP contribution in [-0.2, 0) is 16.4 Å². The maximum atomic E-state index is 13.2. The first-order valence-corrected chi connectivity index (χ1v) is 10.5. The van der Waals surface area contributed by atoms with Gasteiger partial charge in [-0.3, -0.25) is 4.79 Å². The Labute approximate surface area is 164 Å². The fourth-order valence-electron chi connectivity index (χ4n) is 3.36. The SMILES string of the molecule is CCc1cc(C(=O)C(C)c2c(-c3ccccc3)noc2C)ccc1S(N)(=O)=O. The molecule has 0 fully saturated rings. The lowest BCUT2D eigenvalue weighted by Crippen LogP contribution is -2.16. The molecule has 7 heteroatoms. The van der Waals surface area contributed by atoms with Crippen molar-refractivity contribution in [3.05, 3.63) is 71.0 Å². The molecule has 0 saturated heterocycles. The van der Waals surface area contributed by atoms with Crippen LogP contribution < -0.4 is 5.14 Å². The molecule has 1 aromatic heterocycles. The molecule has 1 heterocycles. The van der Waals surface area contributed by atoms with E-state index in [1.165, 1.54) is 12.1 Å². The molecule has 6 nitrogen and oxygen atoms in total. The topological polar surface area (TPSA) is 103 Å². The number of rotatable bonds is 6. The highest BCUT2D eigenvalue weighted by molar-refractivity contribution is 7.89. The van der Waals surface area contributed by atoms with E-state index >= 15 is 0 Å². The van der Waals surface area contributed by atoms with Crippen molar-refractivity contribution in [1.29, 1.82) is 0 Å². The lowest BCUT2D eigenvalue weighted by Gasteiger charge is -2.13. The van der Waals surface area contributed by atoms with Crippen LogP contribution in [0.1, 0.15) is 47.0 Å². The molecule has 1 atom stereocenters. The molecule has 0 aliphatic rings. The van der Waals surface area contributed by atoms with Crippen molar-refractivity contribution in [3.63, 3.8) is 0 Å². The second kappa shape index (κ2) is 7.69. The van der Waals surface area contributed by atoms with Gasteiger partial charge in [0.25, 0.3) is 0 Å². The number of nitrogens with two attached hydrogens (primary N) is 1. The first-order valence-electron chi connectivity index (χ1n) is 8.95. The van der Waals surface area contributed by atoms with E-state index in [1.54, 1.807) is 19.9 Å². The van der Waals surface area contributed by atoms with Crippen LogP contribution in [0.15, 0.2) is 57.9 Å². The number of carbonyl (C=O) groups excluding carboxylic acids is 1. The Balaban J connectivity index is 2.02. The Morgan fingerprint density at radius 1 is 1.18 bits per heavy atom. The van der Waals surface area contributed by atoms with Crippen LogP contribution in [0.4, 0.5) is 0 Å². The monoisotopic (exact) mass is 398 g/mol. The van der Waals surface area contributed by atoms with Crippen LogP contribution in [-0.4, -0.2) is 19.4 Å². The quantitative estimate of drug-likeness (QED) is 0.635. The summed E-state index contributed by atoms with van der Waals surface area (Å²) in [6, 6.07) is 14.0. The summed E-state index contributed by atoms with van der Waals surface area (Å²) in [6.07, 6.45) is 0.447. The maximum Gasteiger partial charge on any atom is 0.238 e. The predicted octanol–water partition coefficient (Wildman–Crippen LogP) is 3.85. The Bertz CT molecular complexity index is 1120. The lowest BCUT2D eigenvalue weighted by molar-refractivity contribution is 0.0965. The average molecular weight is 398 g/mol. The molecular weight excluding hydrogens is 376 g/mol. The van der Waals surface area contributed by atoms with Crippen LogP contribution in [0, 0.1) is 6.92 Å². The zero-order valence-electron chi connectivity index (χ0n) is 16.0. The zero-order valence-corrected chi connectivity index (χ0v) is 16.8. The van der Waals surface area contributed by atoms with Crippen molar-refractivity contribution in [2.24, 2.45) is 5.14 Å². The van der Waals surface area contributed by atoms with E-state index in [0.717, 1.165) is 11.1 Å². The largest absolute Gasteiger partial charge is 0.361 e. The summed E-state index contributed by atoms with van der Waals surface area (Å²) in [7, 11) is -3.84. The van der Waals surface area contributed by atoms with Crippen LogP contribution in [0.3, 0.4) is 0 Å². The predicted molar refractivity (Wildman–Crippen MR) is 107 cm³/mol. The van der Waals surface area contributed by atoms with E-state index in [-0.39, 0.29) is 10.7 Å². The van der Waals surface area contributed by atoms with Gasteiger partial charge in [0.05, 0.1) is 10.8 Å². The van der Waals surface area contributed by atoms with Gasteiger partial charge in [0.15, 0.2) is 5.78 Å². The third-order valence-electron chi connectivity index (χ3n) is 4.81. The minimum Gasteiger partial charge on any atom is -0.361 e. The molecule has 2 N–H and O–H groups in total. The zero-order chi connectivity index (χ0) is 20.5. The van der Waals surface area contributed by atoms with Gasteiger partial charge in [0.1, 0.15) is 11.5 Å². The summed E-state index contributed by atoms with van der Waals surface area (Å²) in [4.78, 5) is 13.2. The molecule has 1 unspecified atom stereocenters. The number of carbonyl (C=O) groups is 1. The third kappa shape index (κ3) is 3.76. The van der Waals surface area contributed by atoms with E-state index in [1.807, 2.05) is 37.3 Å². The second-order valence-corrected chi connectivity index (χ2v) is 8.20. The molecule has 146 valence electrons. The Morgan fingerprint density at radius 3 is 2.46 bits per heavy atom. The summed E-state index contributed by atoms with van der Waals surface area (Å²) in [5.41, 5.74) is 3.18. The molecule has 0 saturated carbocycles. The number of aromatic nitrogens is 1. The fourth-order valence-corrected chi connectivity index (χ4v) is 4.19. The van der Waals surface area contributed by atoms with Gasteiger partial charge in [0.2, 0.25) is 10.0 Å². The molecule has 3 aromatic rings. The molecule has 0 radical (unpaired) electrons. The van der Waals surface area contributed by atoms with Gasteiger partial charge in [-0.2, -0.15) is 0 Å². The van der Waals surface area contributed by atoms with Gasteiger partial charge in [-0.25, -0.2) is 13.6 Å². The van der Waals surface area contributed by atoms with Gasteiger partial charge < -0.3 is 4.52 Å². The molecule has 0 bridgehead atoms. The van der Waals surface area contributed by atoms with Crippen LogP contribution in [0.2, 0.25) is 0 Å². The van der Waals surface area contributed by atoms with Crippen molar-refractivity contribution in [2.75, 3.05) is 0 Å². The van der Waals surface area contributed by atoms with Crippen molar-refractivity contribution >= 4 is 15.8 Å². The molecule has 0 aliphatic carbocycles.